The molecule has 64 valence electrons. The molecule has 0 bridgehead atoms. The van der Waals surface area contributed by atoms with Crippen LogP contribution in [0.2, 0.25) is 0 Å². The molecule has 1 aliphatic rings. The Morgan fingerprint density at radius 3 is 3.00 bits per heavy atom. The highest BCUT2D eigenvalue weighted by Crippen LogP contribution is 2.15. The Hall–Kier alpha value is -1.32. The molecular formula is C8H12N4. The Morgan fingerprint density at radius 2 is 2.42 bits per heavy atom. The number of hydrogen-bond donors (Lipinski definition) is 0. The summed E-state index contributed by atoms with van der Waals surface area (Å²) in [6.07, 6.45) is 4.87. The van der Waals surface area contributed by atoms with Crippen molar-refractivity contribution in [2.24, 2.45) is 0 Å². The van der Waals surface area contributed by atoms with Crippen molar-refractivity contribution >= 4 is 5.82 Å². The fourth-order valence-corrected chi connectivity index (χ4v) is 1.18. The summed E-state index contributed by atoms with van der Waals surface area (Å²) in [6, 6.07) is 0. The number of anilines is 1. The maximum Gasteiger partial charge on any atom is 0.171 e. The van der Waals surface area contributed by atoms with E-state index in [0.717, 1.165) is 18.9 Å². The van der Waals surface area contributed by atoms with Gasteiger partial charge >= 0.3 is 0 Å². The number of nitrogens with zero attached hydrogens (tertiary/aromatic N) is 4. The van der Waals surface area contributed by atoms with Crippen LogP contribution in [0, 0.1) is 0 Å². The first-order chi connectivity index (χ1) is 5.90. The molecule has 0 aliphatic carbocycles. The molecular weight excluding hydrogens is 152 g/mol. The molecule has 0 radical (unpaired) electrons. The highest BCUT2D eigenvalue weighted by Gasteiger charge is 2.16. The second kappa shape index (κ2) is 2.97. The molecule has 1 aromatic rings. The topological polar surface area (TPSA) is 34.0 Å². The van der Waals surface area contributed by atoms with E-state index in [1.54, 1.807) is 10.9 Å². The van der Waals surface area contributed by atoms with E-state index in [1.165, 1.54) is 6.42 Å². The number of aromatic nitrogens is 3. The van der Waals surface area contributed by atoms with Crippen molar-refractivity contribution in [3.63, 3.8) is 0 Å². The Bertz CT molecular complexity index is 274. The molecule has 4 heteroatoms. The van der Waals surface area contributed by atoms with Crippen LogP contribution in [0.1, 0.15) is 6.42 Å². The third kappa shape index (κ3) is 1.20. The lowest BCUT2D eigenvalue weighted by Gasteiger charge is -2.30. The van der Waals surface area contributed by atoms with Crippen LogP contribution in [0.3, 0.4) is 0 Å². The zero-order valence-electron chi connectivity index (χ0n) is 6.98. The smallest absolute Gasteiger partial charge is 0.171 e. The second-order valence-corrected chi connectivity index (χ2v) is 2.89. The van der Waals surface area contributed by atoms with Gasteiger partial charge in [0.15, 0.2) is 5.82 Å². The Kier molecular flexibility index (Phi) is 1.81. The second-order valence-electron chi connectivity index (χ2n) is 2.89. The predicted molar refractivity (Wildman–Crippen MR) is 47.0 cm³/mol. The van der Waals surface area contributed by atoms with Crippen molar-refractivity contribution in [3.05, 3.63) is 18.9 Å². The highest BCUT2D eigenvalue weighted by atomic mass is 15.5. The summed E-state index contributed by atoms with van der Waals surface area (Å²) < 4.78 is 0. The van der Waals surface area contributed by atoms with E-state index in [0.29, 0.717) is 6.54 Å². The fraction of sp³-hybridized carbons (Fsp3) is 0.500. The van der Waals surface area contributed by atoms with E-state index in [4.69, 9.17) is 0 Å². The average Bonchev–Trinajstić information content (AvgIpc) is 2.34. The van der Waals surface area contributed by atoms with E-state index in [9.17, 15) is 0 Å². The maximum atomic E-state index is 4.28. The SMILES string of the molecule is C=CCn1ncc(N2CCC2)n1. The van der Waals surface area contributed by atoms with Crippen molar-refractivity contribution in [2.45, 2.75) is 13.0 Å². The normalized spacial score (nSPS) is 15.8. The lowest BCUT2D eigenvalue weighted by atomic mass is 10.2. The molecule has 0 spiro atoms. The molecule has 2 heterocycles. The molecule has 1 fully saturated rings. The van der Waals surface area contributed by atoms with Crippen LogP contribution < -0.4 is 4.90 Å². The van der Waals surface area contributed by atoms with Crippen molar-refractivity contribution in [1.82, 2.24) is 15.0 Å². The van der Waals surface area contributed by atoms with Gasteiger partial charge in [-0.1, -0.05) is 6.08 Å². The average molecular weight is 164 g/mol. The maximum absolute atomic E-state index is 4.28. The molecule has 4 nitrogen and oxygen atoms in total. The Labute approximate surface area is 71.5 Å². The van der Waals surface area contributed by atoms with Gasteiger partial charge < -0.3 is 4.90 Å². The molecule has 1 aliphatic heterocycles. The lowest BCUT2D eigenvalue weighted by molar-refractivity contribution is 0.576. The minimum Gasteiger partial charge on any atom is -0.354 e. The summed E-state index contributed by atoms with van der Waals surface area (Å²) in [5.41, 5.74) is 0. The molecule has 12 heavy (non-hydrogen) atoms. The van der Waals surface area contributed by atoms with Gasteiger partial charge in [-0.3, -0.25) is 0 Å². The van der Waals surface area contributed by atoms with Gasteiger partial charge in [-0.25, -0.2) is 0 Å². The molecule has 1 aromatic heterocycles. The summed E-state index contributed by atoms with van der Waals surface area (Å²) in [5.74, 6) is 0.989. The van der Waals surface area contributed by atoms with E-state index in [2.05, 4.69) is 21.7 Å². The fourth-order valence-electron chi connectivity index (χ4n) is 1.18. The summed E-state index contributed by atoms with van der Waals surface area (Å²) in [7, 11) is 0. The first kappa shape index (κ1) is 7.34. The molecule has 0 atom stereocenters. The highest BCUT2D eigenvalue weighted by molar-refractivity contribution is 5.36. The van der Waals surface area contributed by atoms with Gasteiger partial charge in [-0.15, -0.1) is 11.7 Å². The standard InChI is InChI=1S/C8H12N4/c1-2-4-12-9-7-8(10-12)11-5-3-6-11/h2,7H,1,3-6H2. The van der Waals surface area contributed by atoms with Crippen LogP contribution >= 0.6 is 0 Å². The molecule has 0 unspecified atom stereocenters. The monoisotopic (exact) mass is 164 g/mol. The minimum atomic E-state index is 0.688. The number of hydrogen-bond acceptors (Lipinski definition) is 3. The van der Waals surface area contributed by atoms with Crippen molar-refractivity contribution < 1.29 is 0 Å². The van der Waals surface area contributed by atoms with E-state index < -0.39 is 0 Å². The lowest BCUT2D eigenvalue weighted by Crippen LogP contribution is -2.37. The summed E-state index contributed by atoms with van der Waals surface area (Å²) in [5, 5.41) is 8.38. The van der Waals surface area contributed by atoms with Crippen molar-refractivity contribution in [2.75, 3.05) is 18.0 Å². The zero-order valence-corrected chi connectivity index (χ0v) is 6.98. The third-order valence-electron chi connectivity index (χ3n) is 2.00. The molecule has 0 amide bonds. The van der Waals surface area contributed by atoms with Crippen LogP contribution in [0.15, 0.2) is 18.9 Å². The van der Waals surface area contributed by atoms with Crippen LogP contribution in [-0.4, -0.2) is 28.1 Å². The summed E-state index contributed by atoms with van der Waals surface area (Å²) in [6.45, 7) is 6.55. The van der Waals surface area contributed by atoms with Crippen molar-refractivity contribution in [3.8, 4) is 0 Å². The summed E-state index contributed by atoms with van der Waals surface area (Å²) >= 11 is 0. The van der Waals surface area contributed by atoms with E-state index in [1.807, 2.05) is 6.20 Å². The van der Waals surface area contributed by atoms with Crippen molar-refractivity contribution in [1.29, 1.82) is 0 Å². The van der Waals surface area contributed by atoms with Gasteiger partial charge in [0.1, 0.15) is 0 Å². The summed E-state index contributed by atoms with van der Waals surface area (Å²) in [4.78, 5) is 3.87. The zero-order chi connectivity index (χ0) is 8.39. The molecule has 0 saturated carbocycles. The van der Waals surface area contributed by atoms with Gasteiger partial charge in [-0.05, 0) is 6.42 Å². The van der Waals surface area contributed by atoms with Crippen LogP contribution in [0.4, 0.5) is 5.82 Å². The van der Waals surface area contributed by atoms with Gasteiger partial charge in [0, 0.05) is 13.1 Å². The van der Waals surface area contributed by atoms with Gasteiger partial charge in [0.25, 0.3) is 0 Å². The Balaban J connectivity index is 2.07. The molecule has 1 saturated heterocycles. The largest absolute Gasteiger partial charge is 0.354 e. The minimum absolute atomic E-state index is 0.688. The molecule has 0 N–H and O–H groups in total. The number of allylic oxidation sites excluding steroid dienone is 1. The van der Waals surface area contributed by atoms with Gasteiger partial charge in [0.05, 0.1) is 12.7 Å². The van der Waals surface area contributed by atoms with Gasteiger partial charge in [0.2, 0.25) is 0 Å². The third-order valence-corrected chi connectivity index (χ3v) is 2.00. The van der Waals surface area contributed by atoms with Crippen LogP contribution in [-0.2, 0) is 6.54 Å². The Morgan fingerprint density at radius 1 is 1.58 bits per heavy atom. The van der Waals surface area contributed by atoms with E-state index in [-0.39, 0.29) is 0 Å². The molecule has 0 aromatic carbocycles. The first-order valence-electron chi connectivity index (χ1n) is 4.16. The van der Waals surface area contributed by atoms with Crippen LogP contribution in [0.5, 0.6) is 0 Å². The van der Waals surface area contributed by atoms with Crippen LogP contribution in [0.25, 0.3) is 0 Å². The van der Waals surface area contributed by atoms with E-state index >= 15 is 0 Å². The number of rotatable bonds is 3. The molecule has 2 rings (SSSR count). The predicted octanol–water partition coefficient (Wildman–Crippen LogP) is 0.674. The quantitative estimate of drug-likeness (QED) is 0.616. The first-order valence-corrected chi connectivity index (χ1v) is 4.16. The van der Waals surface area contributed by atoms with Gasteiger partial charge in [-0.2, -0.15) is 9.90 Å².